The summed E-state index contributed by atoms with van der Waals surface area (Å²) in [4.78, 5) is 58.0. The highest BCUT2D eigenvalue weighted by Crippen LogP contribution is 2.31. The molecule has 214 valence electrons. The Morgan fingerprint density at radius 3 is 2.47 bits per heavy atom. The number of amides is 2. The van der Waals surface area contributed by atoms with Crippen LogP contribution < -0.4 is 5.32 Å². The molecule has 11 heteroatoms. The lowest BCUT2D eigenvalue weighted by atomic mass is 9.92. The number of nitrogens with one attached hydrogen (secondary N) is 1. The van der Waals surface area contributed by atoms with Crippen LogP contribution in [0.2, 0.25) is 0 Å². The number of aromatic carboxylic acids is 1. The molecule has 1 aliphatic rings. The first-order valence-corrected chi connectivity index (χ1v) is 14.4. The van der Waals surface area contributed by atoms with Crippen molar-refractivity contribution in [2.24, 2.45) is 11.8 Å². The van der Waals surface area contributed by atoms with Gasteiger partial charge in [0.1, 0.15) is 11.0 Å². The summed E-state index contributed by atoms with van der Waals surface area (Å²) in [6, 6.07) is -0.855. The van der Waals surface area contributed by atoms with Crippen LogP contribution in [0.4, 0.5) is 0 Å². The molecular weight excluding hydrogens is 508 g/mol. The Kier molecular flexibility index (Phi) is 12.2. The first-order valence-electron chi connectivity index (χ1n) is 13.5. The Bertz CT molecular complexity index is 967. The van der Waals surface area contributed by atoms with Crippen LogP contribution in [0.15, 0.2) is 5.38 Å². The van der Waals surface area contributed by atoms with Gasteiger partial charge in [-0.25, -0.2) is 9.78 Å². The summed E-state index contributed by atoms with van der Waals surface area (Å²) in [5, 5.41) is 14.1. The highest BCUT2D eigenvalue weighted by atomic mass is 32.1. The molecular formula is C27H44N4O6S. The van der Waals surface area contributed by atoms with Gasteiger partial charge in [0.05, 0.1) is 0 Å². The number of aromatic nitrogens is 1. The second-order valence-corrected chi connectivity index (χ2v) is 11.6. The largest absolute Gasteiger partial charge is 0.476 e. The maximum Gasteiger partial charge on any atom is 0.355 e. The third-order valence-corrected chi connectivity index (χ3v) is 8.47. The molecule has 0 aromatic carbocycles. The third kappa shape index (κ3) is 8.76. The van der Waals surface area contributed by atoms with E-state index in [0.29, 0.717) is 17.8 Å². The number of carboxylic acid groups (broad SMARTS) is 1. The molecule has 1 aromatic heterocycles. The van der Waals surface area contributed by atoms with Gasteiger partial charge >= 0.3 is 11.9 Å². The van der Waals surface area contributed by atoms with Gasteiger partial charge < -0.3 is 25.0 Å². The lowest BCUT2D eigenvalue weighted by molar-refractivity contribution is -0.149. The van der Waals surface area contributed by atoms with Crippen molar-refractivity contribution in [2.45, 2.75) is 97.4 Å². The fourth-order valence-electron chi connectivity index (χ4n) is 4.94. The van der Waals surface area contributed by atoms with Gasteiger partial charge in [0.15, 0.2) is 11.8 Å². The standard InChI is InChI=1S/C27H44N4O6S/c1-8-17(4)24(29-23(33)13-19-11-9-10-12-30(19)6)26(34)31(7)21(16(2)3)14-22(37-18(5)32)25-28-20(15-38-25)27(35)36/h15-17,19,21-22,24H,8-14H2,1-7H3,(H,29,33)(H,35,36)/t17-,19+,21+,22+,24-/m0/s1. The van der Waals surface area contributed by atoms with E-state index in [-0.39, 0.29) is 47.8 Å². The van der Waals surface area contributed by atoms with Crippen LogP contribution >= 0.6 is 11.3 Å². The zero-order valence-electron chi connectivity index (χ0n) is 23.7. The van der Waals surface area contributed by atoms with E-state index in [0.717, 1.165) is 37.1 Å². The van der Waals surface area contributed by atoms with Crippen molar-refractivity contribution < 1.29 is 29.0 Å². The van der Waals surface area contributed by atoms with E-state index < -0.39 is 24.1 Å². The van der Waals surface area contributed by atoms with E-state index in [1.165, 1.54) is 12.3 Å². The normalized spacial score (nSPS) is 19.3. The number of piperidine rings is 1. The van der Waals surface area contributed by atoms with Crippen molar-refractivity contribution in [3.8, 4) is 0 Å². The predicted octanol–water partition coefficient (Wildman–Crippen LogP) is 3.72. The summed E-state index contributed by atoms with van der Waals surface area (Å²) >= 11 is 1.11. The molecule has 1 saturated heterocycles. The van der Waals surface area contributed by atoms with E-state index in [1.807, 2.05) is 34.7 Å². The van der Waals surface area contributed by atoms with Gasteiger partial charge in [-0.1, -0.05) is 40.5 Å². The number of carbonyl (C=O) groups is 4. The van der Waals surface area contributed by atoms with Crippen molar-refractivity contribution in [3.05, 3.63) is 16.1 Å². The second kappa shape index (κ2) is 14.6. The average Bonchev–Trinajstić information content (AvgIpc) is 3.35. The summed E-state index contributed by atoms with van der Waals surface area (Å²) < 4.78 is 5.53. The minimum Gasteiger partial charge on any atom is -0.476 e. The average molecular weight is 553 g/mol. The Morgan fingerprint density at radius 1 is 1.26 bits per heavy atom. The molecule has 2 amide bonds. The minimum absolute atomic E-state index is 0.00918. The monoisotopic (exact) mass is 552 g/mol. The summed E-state index contributed by atoms with van der Waals surface area (Å²) in [7, 11) is 3.75. The van der Waals surface area contributed by atoms with Crippen LogP contribution in [0.1, 0.15) is 94.7 Å². The number of ether oxygens (including phenoxy) is 1. The quantitative estimate of drug-likeness (QED) is 0.354. The maximum absolute atomic E-state index is 13.8. The smallest absolute Gasteiger partial charge is 0.355 e. The van der Waals surface area contributed by atoms with Crippen LogP contribution in [0.5, 0.6) is 0 Å². The molecule has 2 rings (SSSR count). The summed E-state index contributed by atoms with van der Waals surface area (Å²) in [5.41, 5.74) is -0.115. The Morgan fingerprint density at radius 2 is 1.95 bits per heavy atom. The molecule has 2 N–H and O–H groups in total. The molecule has 5 atom stereocenters. The first-order chi connectivity index (χ1) is 17.8. The van der Waals surface area contributed by atoms with Gasteiger partial charge in [-0.05, 0) is 38.3 Å². The number of rotatable bonds is 13. The van der Waals surface area contributed by atoms with E-state index in [9.17, 15) is 24.3 Å². The Labute approximate surface area is 230 Å². The molecule has 0 unspecified atom stereocenters. The maximum atomic E-state index is 13.8. The molecule has 1 fully saturated rings. The molecule has 0 radical (unpaired) electrons. The molecule has 0 aliphatic carbocycles. The number of hydrogen-bond acceptors (Lipinski definition) is 8. The lowest BCUT2D eigenvalue weighted by Gasteiger charge is -2.37. The number of carboxylic acids is 1. The molecule has 2 heterocycles. The van der Waals surface area contributed by atoms with Gasteiger partial charge in [-0.3, -0.25) is 14.4 Å². The highest BCUT2D eigenvalue weighted by molar-refractivity contribution is 7.09. The second-order valence-electron chi connectivity index (χ2n) is 10.7. The molecule has 0 saturated carbocycles. The predicted molar refractivity (Wildman–Crippen MR) is 146 cm³/mol. The summed E-state index contributed by atoms with van der Waals surface area (Å²) in [6.45, 7) is 10.2. The highest BCUT2D eigenvalue weighted by Gasteiger charge is 2.36. The van der Waals surface area contributed by atoms with E-state index in [2.05, 4.69) is 15.2 Å². The summed E-state index contributed by atoms with van der Waals surface area (Å²) in [5.74, 6) is -2.09. The van der Waals surface area contributed by atoms with E-state index >= 15 is 0 Å². The lowest BCUT2D eigenvalue weighted by Crippen LogP contribution is -2.55. The number of nitrogens with zero attached hydrogens (tertiary/aromatic N) is 3. The molecule has 10 nitrogen and oxygen atoms in total. The molecule has 1 aromatic rings. The molecule has 38 heavy (non-hydrogen) atoms. The first kappa shape index (κ1) is 31.7. The number of esters is 1. The fraction of sp³-hybridized carbons (Fsp3) is 0.741. The SMILES string of the molecule is CC[C@H](C)[C@H](NC(=O)C[C@H]1CCCCN1C)C(=O)N(C)[C@H](C[C@@H](OC(C)=O)c1nc(C(=O)O)cs1)C(C)C. The van der Waals surface area contributed by atoms with Crippen LogP contribution in [-0.2, 0) is 19.1 Å². The Hall–Kier alpha value is -2.53. The van der Waals surface area contributed by atoms with E-state index in [4.69, 9.17) is 4.74 Å². The van der Waals surface area contributed by atoms with Crippen LogP contribution in [0.25, 0.3) is 0 Å². The molecule has 1 aliphatic heterocycles. The van der Waals surface area contributed by atoms with Gasteiger partial charge in [-0.2, -0.15) is 0 Å². The Balaban J connectivity index is 2.22. The molecule has 0 spiro atoms. The van der Waals surface area contributed by atoms with Crippen molar-refractivity contribution in [3.63, 3.8) is 0 Å². The van der Waals surface area contributed by atoms with Crippen molar-refractivity contribution in [1.82, 2.24) is 20.1 Å². The van der Waals surface area contributed by atoms with Crippen LogP contribution in [0.3, 0.4) is 0 Å². The van der Waals surface area contributed by atoms with Gasteiger partial charge in [0, 0.05) is 44.3 Å². The van der Waals surface area contributed by atoms with Crippen molar-refractivity contribution in [1.29, 1.82) is 0 Å². The van der Waals surface area contributed by atoms with Gasteiger partial charge in [0.25, 0.3) is 0 Å². The number of thiazole rings is 1. The fourth-order valence-corrected chi connectivity index (χ4v) is 5.78. The van der Waals surface area contributed by atoms with Crippen molar-refractivity contribution >= 4 is 35.1 Å². The number of carbonyl (C=O) groups excluding carboxylic acids is 3. The molecule has 0 bridgehead atoms. The van der Waals surface area contributed by atoms with E-state index in [1.54, 1.807) is 11.9 Å². The third-order valence-electron chi connectivity index (χ3n) is 7.53. The number of likely N-dealkylation sites (tertiary alicyclic amines) is 1. The minimum atomic E-state index is -1.16. The van der Waals surface area contributed by atoms with Crippen molar-refractivity contribution in [2.75, 3.05) is 20.6 Å². The van der Waals surface area contributed by atoms with Crippen LogP contribution in [0, 0.1) is 11.8 Å². The zero-order chi connectivity index (χ0) is 28.6. The van der Waals surface area contributed by atoms with Crippen LogP contribution in [-0.4, -0.2) is 82.4 Å². The number of likely N-dealkylation sites (N-methyl/N-ethyl adjacent to an activating group) is 1. The van der Waals surface area contributed by atoms with Gasteiger partial charge in [-0.15, -0.1) is 11.3 Å². The summed E-state index contributed by atoms with van der Waals surface area (Å²) in [6.07, 6.45) is 3.74. The topological polar surface area (TPSA) is 129 Å². The zero-order valence-corrected chi connectivity index (χ0v) is 24.5. The number of hydrogen-bond donors (Lipinski definition) is 2. The van der Waals surface area contributed by atoms with Gasteiger partial charge in [0.2, 0.25) is 11.8 Å².